The smallest absolute Gasteiger partial charge is 0.395 e. The lowest BCUT2D eigenvalue weighted by atomic mass is 10.4. The van der Waals surface area contributed by atoms with Crippen molar-refractivity contribution in [3.8, 4) is 0 Å². The number of rotatable bonds is 8. The summed E-state index contributed by atoms with van der Waals surface area (Å²) in [6, 6.07) is 0. The molecule has 0 aromatic rings. The number of halogens is 3. The lowest BCUT2D eigenvalue weighted by Crippen LogP contribution is -2.41. The van der Waals surface area contributed by atoms with Gasteiger partial charge in [0.25, 0.3) is 0 Å². The molecule has 0 aromatic heterocycles. The molecule has 0 saturated carbocycles. The van der Waals surface area contributed by atoms with Crippen LogP contribution in [0.4, 0.5) is 13.2 Å². The number of alkyl halides is 3. The first-order chi connectivity index (χ1) is 7.90. The topological polar surface area (TPSA) is 49.8 Å². The van der Waals surface area contributed by atoms with E-state index in [0.717, 1.165) is 0 Å². The fraction of sp³-hybridized carbons (Fsp3) is 0.889. The molecule has 0 radical (unpaired) electrons. The quantitative estimate of drug-likeness (QED) is 0.664. The molecule has 0 aromatic carbocycles. The van der Waals surface area contributed by atoms with Crippen LogP contribution >= 0.6 is 11.8 Å². The van der Waals surface area contributed by atoms with Gasteiger partial charge in [-0.15, -0.1) is 11.8 Å². The molecule has 17 heavy (non-hydrogen) atoms. The number of carbonyl (C=O) groups excluding carboxylic acids is 1. The van der Waals surface area contributed by atoms with Gasteiger partial charge in [-0.25, -0.2) is 0 Å². The fourth-order valence-corrected chi connectivity index (χ4v) is 1.81. The molecule has 8 heteroatoms. The van der Waals surface area contributed by atoms with Gasteiger partial charge in [0.1, 0.15) is 6.54 Å². The minimum Gasteiger partial charge on any atom is -0.395 e. The zero-order chi connectivity index (χ0) is 13.3. The maximum atomic E-state index is 12.1. The predicted molar refractivity (Wildman–Crippen MR) is 58.9 cm³/mol. The summed E-state index contributed by atoms with van der Waals surface area (Å²) < 4.78 is 41.1. The second-order valence-electron chi connectivity index (χ2n) is 3.20. The largest absolute Gasteiger partial charge is 0.406 e. The number of ether oxygens (including phenoxy) is 1. The van der Waals surface area contributed by atoms with E-state index in [0.29, 0.717) is 17.3 Å². The maximum Gasteiger partial charge on any atom is 0.406 e. The van der Waals surface area contributed by atoms with E-state index >= 15 is 0 Å². The molecule has 0 rings (SSSR count). The van der Waals surface area contributed by atoms with E-state index in [1.165, 1.54) is 18.9 Å². The second kappa shape index (κ2) is 8.60. The van der Waals surface area contributed by atoms with Crippen molar-refractivity contribution in [1.82, 2.24) is 4.90 Å². The van der Waals surface area contributed by atoms with E-state index in [4.69, 9.17) is 9.84 Å². The van der Waals surface area contributed by atoms with Gasteiger partial charge in [0.2, 0.25) is 5.91 Å². The van der Waals surface area contributed by atoms with Gasteiger partial charge in [-0.05, 0) is 0 Å². The zero-order valence-corrected chi connectivity index (χ0v) is 10.3. The maximum absolute atomic E-state index is 12.1. The van der Waals surface area contributed by atoms with E-state index in [9.17, 15) is 18.0 Å². The minimum absolute atomic E-state index is 0.0422. The number of thioether (sulfide) groups is 1. The van der Waals surface area contributed by atoms with Gasteiger partial charge in [0.05, 0.1) is 19.0 Å². The van der Waals surface area contributed by atoms with Gasteiger partial charge < -0.3 is 14.7 Å². The standard InChI is InChI=1S/C9H16F3NO3S/c1-16-4-5-17-6-8(15)13(2-3-14)7-9(10,11)12/h14H,2-7H2,1H3. The molecule has 0 spiro atoms. The third-order valence-electron chi connectivity index (χ3n) is 1.75. The van der Waals surface area contributed by atoms with Gasteiger partial charge in [-0.2, -0.15) is 13.2 Å². The van der Waals surface area contributed by atoms with Crippen molar-refractivity contribution in [2.45, 2.75) is 6.18 Å². The van der Waals surface area contributed by atoms with Crippen molar-refractivity contribution >= 4 is 17.7 Å². The molecule has 0 aliphatic carbocycles. The second-order valence-corrected chi connectivity index (χ2v) is 4.30. The molecule has 0 unspecified atom stereocenters. The number of nitrogens with zero attached hydrogens (tertiary/aromatic N) is 1. The number of aliphatic hydroxyl groups excluding tert-OH is 1. The normalized spacial score (nSPS) is 11.6. The molecule has 0 saturated heterocycles. The van der Waals surface area contributed by atoms with Crippen LogP contribution < -0.4 is 0 Å². The Hall–Kier alpha value is -0.470. The SMILES string of the molecule is COCCSCC(=O)N(CCO)CC(F)(F)F. The molecule has 0 fully saturated rings. The van der Waals surface area contributed by atoms with Crippen LogP contribution in [-0.4, -0.2) is 67.0 Å². The van der Waals surface area contributed by atoms with Crippen molar-refractivity contribution in [3.63, 3.8) is 0 Å². The Morgan fingerprint density at radius 1 is 1.47 bits per heavy atom. The van der Waals surface area contributed by atoms with Crippen LogP contribution in [0.3, 0.4) is 0 Å². The Morgan fingerprint density at radius 2 is 2.12 bits per heavy atom. The highest BCUT2D eigenvalue weighted by Crippen LogP contribution is 2.17. The van der Waals surface area contributed by atoms with Crippen LogP contribution in [0, 0.1) is 0 Å². The molecule has 0 aliphatic rings. The first-order valence-electron chi connectivity index (χ1n) is 4.92. The minimum atomic E-state index is -4.44. The number of methoxy groups -OCH3 is 1. The van der Waals surface area contributed by atoms with Crippen molar-refractivity contribution in [1.29, 1.82) is 0 Å². The summed E-state index contributed by atoms with van der Waals surface area (Å²) in [7, 11) is 1.50. The Bertz CT molecular complexity index is 226. The Kier molecular flexibility index (Phi) is 8.36. The summed E-state index contributed by atoms with van der Waals surface area (Å²) in [5, 5.41) is 8.60. The lowest BCUT2D eigenvalue weighted by molar-refractivity contribution is -0.160. The number of carbonyl (C=O) groups is 1. The Morgan fingerprint density at radius 3 is 2.59 bits per heavy atom. The molecule has 1 amide bonds. The van der Waals surface area contributed by atoms with Crippen LogP contribution in [-0.2, 0) is 9.53 Å². The first-order valence-corrected chi connectivity index (χ1v) is 6.08. The van der Waals surface area contributed by atoms with Crippen molar-refractivity contribution in [3.05, 3.63) is 0 Å². The van der Waals surface area contributed by atoms with Crippen molar-refractivity contribution in [2.24, 2.45) is 0 Å². The molecule has 0 bridgehead atoms. The predicted octanol–water partition coefficient (Wildman–Crippen LogP) is 0.749. The fourth-order valence-electron chi connectivity index (χ4n) is 1.02. The average Bonchev–Trinajstić information content (AvgIpc) is 2.21. The number of hydrogen-bond donors (Lipinski definition) is 1. The summed E-state index contributed by atoms with van der Waals surface area (Å²) in [6.45, 7) is -1.66. The molecule has 0 aliphatic heterocycles. The summed E-state index contributed by atoms with van der Waals surface area (Å²) in [5.41, 5.74) is 0. The van der Waals surface area contributed by atoms with Crippen molar-refractivity contribution < 1.29 is 27.8 Å². The third-order valence-corrected chi connectivity index (χ3v) is 2.66. The molecule has 102 valence electrons. The number of hydrogen-bond acceptors (Lipinski definition) is 4. The van der Waals surface area contributed by atoms with Gasteiger partial charge in [-0.3, -0.25) is 4.79 Å². The monoisotopic (exact) mass is 275 g/mol. The van der Waals surface area contributed by atoms with E-state index in [2.05, 4.69) is 0 Å². The molecular formula is C9H16F3NO3S. The van der Waals surface area contributed by atoms with Crippen LogP contribution in [0.5, 0.6) is 0 Å². The lowest BCUT2D eigenvalue weighted by Gasteiger charge is -2.22. The average molecular weight is 275 g/mol. The molecular weight excluding hydrogens is 259 g/mol. The van der Waals surface area contributed by atoms with Gasteiger partial charge in [0, 0.05) is 19.4 Å². The van der Waals surface area contributed by atoms with Crippen LogP contribution in [0.25, 0.3) is 0 Å². The summed E-state index contributed by atoms with van der Waals surface area (Å²) >= 11 is 1.20. The highest BCUT2D eigenvalue weighted by Gasteiger charge is 2.32. The highest BCUT2D eigenvalue weighted by atomic mass is 32.2. The zero-order valence-electron chi connectivity index (χ0n) is 9.50. The van der Waals surface area contributed by atoms with E-state index in [-0.39, 0.29) is 12.3 Å². The Balaban J connectivity index is 4.06. The summed E-state index contributed by atoms with van der Waals surface area (Å²) in [5.74, 6) is -0.127. The van der Waals surface area contributed by atoms with Crippen molar-refractivity contribution in [2.75, 3.05) is 44.9 Å². The molecule has 0 atom stereocenters. The van der Waals surface area contributed by atoms with Gasteiger partial charge >= 0.3 is 6.18 Å². The highest BCUT2D eigenvalue weighted by molar-refractivity contribution is 7.99. The Labute approximate surface area is 102 Å². The van der Waals surface area contributed by atoms with Gasteiger partial charge in [0.15, 0.2) is 0 Å². The molecule has 4 nitrogen and oxygen atoms in total. The van der Waals surface area contributed by atoms with Crippen LogP contribution in [0.15, 0.2) is 0 Å². The van der Waals surface area contributed by atoms with E-state index in [1.54, 1.807) is 0 Å². The summed E-state index contributed by atoms with van der Waals surface area (Å²) in [6.07, 6.45) is -4.44. The van der Waals surface area contributed by atoms with E-state index in [1.807, 2.05) is 0 Å². The van der Waals surface area contributed by atoms with E-state index < -0.39 is 25.2 Å². The number of aliphatic hydroxyl groups is 1. The van der Waals surface area contributed by atoms with Gasteiger partial charge in [-0.1, -0.05) is 0 Å². The van der Waals surface area contributed by atoms with Crippen LogP contribution in [0.2, 0.25) is 0 Å². The molecule has 1 N–H and O–H groups in total. The summed E-state index contributed by atoms with van der Waals surface area (Å²) in [4.78, 5) is 12.0. The number of amides is 1. The van der Waals surface area contributed by atoms with Crippen LogP contribution in [0.1, 0.15) is 0 Å². The third kappa shape index (κ3) is 9.25. The molecule has 0 heterocycles. The first kappa shape index (κ1) is 16.5.